The third-order valence-electron chi connectivity index (χ3n) is 1.95. The van der Waals surface area contributed by atoms with Crippen molar-refractivity contribution in [1.82, 2.24) is 0 Å². The van der Waals surface area contributed by atoms with Crippen LogP contribution in [0.4, 0.5) is 0 Å². The Morgan fingerprint density at radius 3 is 2.44 bits per heavy atom. The van der Waals surface area contributed by atoms with Crippen molar-refractivity contribution in [2.75, 3.05) is 0 Å². The van der Waals surface area contributed by atoms with Gasteiger partial charge in [0.25, 0.3) is 0 Å². The Labute approximate surface area is 64.0 Å². The number of hydrogen-bond donors (Lipinski definition) is 0. The quantitative estimate of drug-likeness (QED) is 0.611. The minimum Gasteiger partial charge on any atom is -0.299 e. The Morgan fingerprint density at radius 2 is 2.33 bits per heavy atom. The number of rotatable bonds is 2. The largest absolute Gasteiger partial charge is 0.299 e. The SMILES string of the molecule is CCC(=O)C1CCC1Br. The lowest BCUT2D eigenvalue weighted by Gasteiger charge is -2.30. The third kappa shape index (κ3) is 1.34. The maximum atomic E-state index is 11.0. The first-order chi connectivity index (χ1) is 4.25. The van der Waals surface area contributed by atoms with E-state index in [1.54, 1.807) is 0 Å². The predicted octanol–water partition coefficient (Wildman–Crippen LogP) is 2.14. The van der Waals surface area contributed by atoms with Crippen molar-refractivity contribution in [1.29, 1.82) is 0 Å². The number of hydrogen-bond acceptors (Lipinski definition) is 1. The van der Waals surface area contributed by atoms with E-state index < -0.39 is 0 Å². The molecule has 0 bridgehead atoms. The van der Waals surface area contributed by atoms with Gasteiger partial charge in [-0.3, -0.25) is 4.79 Å². The van der Waals surface area contributed by atoms with E-state index in [0.29, 0.717) is 22.9 Å². The van der Waals surface area contributed by atoms with E-state index in [9.17, 15) is 4.79 Å². The number of halogens is 1. The second-order valence-electron chi connectivity index (χ2n) is 2.52. The maximum Gasteiger partial charge on any atom is 0.136 e. The molecule has 0 aromatic heterocycles. The minimum absolute atomic E-state index is 0.343. The van der Waals surface area contributed by atoms with Crippen LogP contribution >= 0.6 is 15.9 Å². The molecule has 2 atom stereocenters. The summed E-state index contributed by atoms with van der Waals surface area (Å²) in [5.74, 6) is 0.762. The molecule has 0 saturated heterocycles. The molecule has 0 N–H and O–H groups in total. The lowest BCUT2D eigenvalue weighted by molar-refractivity contribution is -0.124. The van der Waals surface area contributed by atoms with Gasteiger partial charge in [-0.1, -0.05) is 22.9 Å². The van der Waals surface area contributed by atoms with Gasteiger partial charge in [0, 0.05) is 17.2 Å². The number of carbonyl (C=O) groups excluding carboxylic acids is 1. The van der Waals surface area contributed by atoms with Gasteiger partial charge >= 0.3 is 0 Å². The molecule has 2 heteroatoms. The molecule has 0 radical (unpaired) electrons. The minimum atomic E-state index is 0.343. The van der Waals surface area contributed by atoms with Gasteiger partial charge in [0.2, 0.25) is 0 Å². The first kappa shape index (κ1) is 7.26. The van der Waals surface area contributed by atoms with Crippen molar-refractivity contribution in [3.05, 3.63) is 0 Å². The highest BCUT2D eigenvalue weighted by molar-refractivity contribution is 9.09. The van der Waals surface area contributed by atoms with Crippen molar-refractivity contribution in [2.24, 2.45) is 5.92 Å². The molecule has 1 rings (SSSR count). The molecule has 1 saturated carbocycles. The first-order valence-electron chi connectivity index (χ1n) is 3.42. The summed E-state index contributed by atoms with van der Waals surface area (Å²) in [6.45, 7) is 1.93. The van der Waals surface area contributed by atoms with Gasteiger partial charge in [-0.25, -0.2) is 0 Å². The fraction of sp³-hybridized carbons (Fsp3) is 0.857. The summed E-state index contributed by atoms with van der Waals surface area (Å²) in [5, 5.41) is 0. The van der Waals surface area contributed by atoms with Gasteiger partial charge in [0.15, 0.2) is 0 Å². The highest BCUT2D eigenvalue weighted by Gasteiger charge is 2.32. The van der Waals surface area contributed by atoms with Crippen LogP contribution < -0.4 is 0 Å². The third-order valence-corrected chi connectivity index (χ3v) is 3.05. The van der Waals surface area contributed by atoms with E-state index in [1.165, 1.54) is 6.42 Å². The van der Waals surface area contributed by atoms with Crippen LogP contribution in [0.3, 0.4) is 0 Å². The molecule has 1 aliphatic rings. The summed E-state index contributed by atoms with van der Waals surface area (Å²) >= 11 is 3.45. The molecule has 1 aliphatic carbocycles. The Kier molecular flexibility index (Phi) is 2.28. The van der Waals surface area contributed by atoms with Gasteiger partial charge in [-0.2, -0.15) is 0 Å². The van der Waals surface area contributed by atoms with Gasteiger partial charge in [-0.15, -0.1) is 0 Å². The molecule has 0 spiro atoms. The van der Waals surface area contributed by atoms with Crippen molar-refractivity contribution in [3.63, 3.8) is 0 Å². The van der Waals surface area contributed by atoms with E-state index in [4.69, 9.17) is 0 Å². The zero-order valence-electron chi connectivity index (χ0n) is 5.56. The monoisotopic (exact) mass is 190 g/mol. The van der Waals surface area contributed by atoms with Crippen LogP contribution in [-0.2, 0) is 4.79 Å². The Hall–Kier alpha value is 0.150. The number of carbonyl (C=O) groups is 1. The van der Waals surface area contributed by atoms with Crippen LogP contribution in [0.5, 0.6) is 0 Å². The smallest absolute Gasteiger partial charge is 0.136 e. The van der Waals surface area contributed by atoms with E-state index in [2.05, 4.69) is 15.9 Å². The number of ketones is 1. The Morgan fingerprint density at radius 1 is 1.67 bits per heavy atom. The standard InChI is InChI=1S/C7H11BrO/c1-2-7(9)5-3-4-6(5)8/h5-6H,2-4H2,1H3. The molecule has 1 fully saturated rings. The van der Waals surface area contributed by atoms with Crippen LogP contribution in [0.2, 0.25) is 0 Å². The van der Waals surface area contributed by atoms with Gasteiger partial charge in [0.05, 0.1) is 0 Å². The van der Waals surface area contributed by atoms with E-state index in [1.807, 2.05) is 6.92 Å². The molecule has 0 aromatic carbocycles. The Bertz CT molecular complexity index is 122. The highest BCUT2D eigenvalue weighted by atomic mass is 79.9. The van der Waals surface area contributed by atoms with E-state index in [0.717, 1.165) is 6.42 Å². The normalized spacial score (nSPS) is 33.6. The van der Waals surface area contributed by atoms with Crippen LogP contribution in [0.1, 0.15) is 26.2 Å². The highest BCUT2D eigenvalue weighted by Crippen LogP contribution is 2.34. The predicted molar refractivity (Wildman–Crippen MR) is 40.7 cm³/mol. The lowest BCUT2D eigenvalue weighted by Crippen LogP contribution is -2.32. The molecule has 0 aliphatic heterocycles. The fourth-order valence-corrected chi connectivity index (χ4v) is 1.91. The molecule has 2 unspecified atom stereocenters. The average molecular weight is 191 g/mol. The molecule has 0 aromatic rings. The molecule has 52 valence electrons. The summed E-state index contributed by atoms with van der Waals surface area (Å²) < 4.78 is 0. The van der Waals surface area contributed by atoms with Crippen molar-refractivity contribution >= 4 is 21.7 Å². The molecular formula is C7H11BrO. The van der Waals surface area contributed by atoms with Crippen molar-refractivity contribution in [3.8, 4) is 0 Å². The summed E-state index contributed by atoms with van der Waals surface area (Å²) in [5.41, 5.74) is 0. The number of alkyl halides is 1. The van der Waals surface area contributed by atoms with Gasteiger partial charge in [0.1, 0.15) is 5.78 Å². The number of Topliss-reactive ketones (excluding diaryl/α,β-unsaturated/α-hetero) is 1. The van der Waals surface area contributed by atoms with Crippen LogP contribution in [0, 0.1) is 5.92 Å². The van der Waals surface area contributed by atoms with Gasteiger partial charge < -0.3 is 0 Å². The Balaban J connectivity index is 2.35. The molecule has 0 amide bonds. The van der Waals surface area contributed by atoms with Crippen molar-refractivity contribution < 1.29 is 4.79 Å². The van der Waals surface area contributed by atoms with E-state index >= 15 is 0 Å². The second-order valence-corrected chi connectivity index (χ2v) is 3.70. The average Bonchev–Trinajstić information content (AvgIpc) is 1.84. The fourth-order valence-electron chi connectivity index (χ4n) is 1.08. The molecular weight excluding hydrogens is 180 g/mol. The summed E-state index contributed by atoms with van der Waals surface area (Å²) in [6, 6.07) is 0. The summed E-state index contributed by atoms with van der Waals surface area (Å²) in [4.78, 5) is 11.5. The lowest BCUT2D eigenvalue weighted by atomic mass is 9.81. The molecule has 9 heavy (non-hydrogen) atoms. The van der Waals surface area contributed by atoms with Crippen LogP contribution in [0.25, 0.3) is 0 Å². The van der Waals surface area contributed by atoms with E-state index in [-0.39, 0.29) is 0 Å². The van der Waals surface area contributed by atoms with Gasteiger partial charge in [-0.05, 0) is 12.8 Å². The topological polar surface area (TPSA) is 17.1 Å². The first-order valence-corrected chi connectivity index (χ1v) is 4.34. The second kappa shape index (κ2) is 2.82. The van der Waals surface area contributed by atoms with Crippen LogP contribution in [-0.4, -0.2) is 10.6 Å². The van der Waals surface area contributed by atoms with Crippen LogP contribution in [0.15, 0.2) is 0 Å². The van der Waals surface area contributed by atoms with Crippen molar-refractivity contribution in [2.45, 2.75) is 31.0 Å². The maximum absolute atomic E-state index is 11.0. The molecule has 1 nitrogen and oxygen atoms in total. The molecule has 0 heterocycles. The summed E-state index contributed by atoms with van der Waals surface area (Å²) in [7, 11) is 0. The zero-order valence-corrected chi connectivity index (χ0v) is 7.15. The zero-order chi connectivity index (χ0) is 6.85. The summed E-state index contributed by atoms with van der Waals surface area (Å²) in [6.07, 6.45) is 2.98.